The quantitative estimate of drug-likeness (QED) is 0.729. The molecule has 0 unspecified atom stereocenters. The van der Waals surface area contributed by atoms with Crippen molar-refractivity contribution >= 4 is 27.5 Å². The van der Waals surface area contributed by atoms with Gasteiger partial charge >= 0.3 is 0 Å². The van der Waals surface area contributed by atoms with Crippen LogP contribution in [0.15, 0.2) is 4.90 Å². The first-order chi connectivity index (χ1) is 14.3. The van der Waals surface area contributed by atoms with Gasteiger partial charge in [0.1, 0.15) is 10.0 Å². The first-order valence-electron chi connectivity index (χ1n) is 11.0. The van der Waals surface area contributed by atoms with E-state index in [0.29, 0.717) is 31.4 Å². The van der Waals surface area contributed by atoms with Crippen molar-refractivity contribution in [3.63, 3.8) is 0 Å². The highest BCUT2D eigenvalue weighted by atomic mass is 35.5. The molecule has 0 radical (unpaired) electrons. The Labute approximate surface area is 184 Å². The van der Waals surface area contributed by atoms with E-state index >= 15 is 0 Å². The third-order valence-corrected chi connectivity index (χ3v) is 9.20. The Kier molecular flexibility index (Phi) is 6.44. The number of hydrogen-bond acceptors (Lipinski definition) is 5. The zero-order chi connectivity index (χ0) is 21.5. The maximum absolute atomic E-state index is 13.0. The maximum atomic E-state index is 13.0. The normalized spacial score (nSPS) is 26.6. The number of carbonyl (C=O) groups is 1. The van der Waals surface area contributed by atoms with Crippen LogP contribution in [0.5, 0.6) is 0 Å². The number of carbonyl (C=O) groups excluding carboxylic acids is 1. The zero-order valence-electron chi connectivity index (χ0n) is 17.8. The highest BCUT2D eigenvalue weighted by Gasteiger charge is 2.35. The molecular formula is C20H32ClN5O3S. The molecule has 1 amide bonds. The van der Waals surface area contributed by atoms with Crippen LogP contribution >= 0.6 is 11.6 Å². The average molecular weight is 458 g/mol. The lowest BCUT2D eigenvalue weighted by atomic mass is 9.85. The van der Waals surface area contributed by atoms with Crippen molar-refractivity contribution in [1.29, 1.82) is 0 Å². The standard InChI is InChI=1S/C20H32ClN5O3S/c1-14-18(19(21)24(2)22-14)30(28,29)23-16-8-6-15(7-9-16)20(27)26-12-10-25(11-13-26)17-4-3-5-17/h15-17,23H,3-13H2,1-2H3/t15-,16-. The molecule has 4 rings (SSSR count). The minimum absolute atomic E-state index is 0.00437. The first kappa shape index (κ1) is 22.0. The molecule has 168 valence electrons. The van der Waals surface area contributed by atoms with Gasteiger partial charge in [0.2, 0.25) is 15.9 Å². The topological polar surface area (TPSA) is 87.5 Å². The van der Waals surface area contributed by atoms with Crippen molar-refractivity contribution < 1.29 is 13.2 Å². The molecule has 30 heavy (non-hydrogen) atoms. The molecule has 1 saturated heterocycles. The first-order valence-corrected chi connectivity index (χ1v) is 12.9. The van der Waals surface area contributed by atoms with E-state index in [1.54, 1.807) is 14.0 Å². The molecule has 2 aliphatic carbocycles. The number of nitrogens with zero attached hydrogens (tertiary/aromatic N) is 4. The monoisotopic (exact) mass is 457 g/mol. The van der Waals surface area contributed by atoms with E-state index in [-0.39, 0.29) is 27.9 Å². The smallest absolute Gasteiger partial charge is 0.245 e. The Balaban J connectivity index is 1.28. The average Bonchev–Trinajstić information content (AvgIpc) is 2.93. The summed E-state index contributed by atoms with van der Waals surface area (Å²) in [5.74, 6) is 0.250. The maximum Gasteiger partial charge on any atom is 0.245 e. The van der Waals surface area contributed by atoms with Crippen molar-refractivity contribution in [1.82, 2.24) is 24.3 Å². The second-order valence-corrected chi connectivity index (χ2v) is 11.0. The molecule has 3 aliphatic rings. The number of aromatic nitrogens is 2. The van der Waals surface area contributed by atoms with E-state index in [1.165, 1.54) is 23.9 Å². The van der Waals surface area contributed by atoms with Crippen molar-refractivity contribution in [3.8, 4) is 0 Å². The van der Waals surface area contributed by atoms with E-state index in [4.69, 9.17) is 11.6 Å². The second kappa shape index (κ2) is 8.76. The molecule has 1 aliphatic heterocycles. The molecule has 10 heteroatoms. The van der Waals surface area contributed by atoms with Gasteiger partial charge in [-0.1, -0.05) is 18.0 Å². The van der Waals surface area contributed by atoms with Crippen molar-refractivity contribution in [2.75, 3.05) is 26.2 Å². The number of rotatable bonds is 5. The molecule has 2 saturated carbocycles. The number of sulfonamides is 1. The van der Waals surface area contributed by atoms with Gasteiger partial charge in [-0.3, -0.25) is 14.4 Å². The van der Waals surface area contributed by atoms with Crippen LogP contribution in [0.2, 0.25) is 5.15 Å². The van der Waals surface area contributed by atoms with Gasteiger partial charge < -0.3 is 4.90 Å². The summed E-state index contributed by atoms with van der Waals surface area (Å²) in [7, 11) is -2.11. The van der Waals surface area contributed by atoms with Gasteiger partial charge in [-0.05, 0) is 45.4 Å². The SMILES string of the molecule is Cc1nn(C)c(Cl)c1S(=O)(=O)N[C@H]1CC[C@H](C(=O)N2CCN(C3CCC3)CC2)CC1. The number of amides is 1. The Bertz CT molecular complexity index is 882. The van der Waals surface area contributed by atoms with Crippen molar-refractivity contribution in [2.24, 2.45) is 13.0 Å². The van der Waals surface area contributed by atoms with Crippen LogP contribution in [-0.4, -0.2) is 72.2 Å². The molecule has 1 aromatic heterocycles. The molecule has 0 bridgehead atoms. The van der Waals surface area contributed by atoms with E-state index in [9.17, 15) is 13.2 Å². The summed E-state index contributed by atoms with van der Waals surface area (Å²) in [5.41, 5.74) is 0.389. The summed E-state index contributed by atoms with van der Waals surface area (Å²) in [4.78, 5) is 17.6. The van der Waals surface area contributed by atoms with Gasteiger partial charge in [0.05, 0.1) is 5.69 Å². The van der Waals surface area contributed by atoms with Crippen LogP contribution in [0.4, 0.5) is 0 Å². The molecule has 0 aromatic carbocycles. The highest BCUT2D eigenvalue weighted by Crippen LogP contribution is 2.30. The predicted molar refractivity (Wildman–Crippen MR) is 115 cm³/mol. The molecule has 0 spiro atoms. The van der Waals surface area contributed by atoms with E-state index in [2.05, 4.69) is 14.7 Å². The number of hydrogen-bond donors (Lipinski definition) is 1. The van der Waals surface area contributed by atoms with Gasteiger partial charge in [-0.2, -0.15) is 5.10 Å². The molecule has 3 fully saturated rings. The summed E-state index contributed by atoms with van der Waals surface area (Å²) in [6, 6.07) is 0.563. The summed E-state index contributed by atoms with van der Waals surface area (Å²) in [6.45, 7) is 5.25. The molecule has 2 heterocycles. The van der Waals surface area contributed by atoms with E-state index in [1.807, 2.05) is 4.90 Å². The van der Waals surface area contributed by atoms with Gasteiger partial charge in [-0.15, -0.1) is 0 Å². The zero-order valence-corrected chi connectivity index (χ0v) is 19.4. The fraction of sp³-hybridized carbons (Fsp3) is 0.800. The minimum atomic E-state index is -3.74. The summed E-state index contributed by atoms with van der Waals surface area (Å²) in [5, 5.41) is 4.21. The van der Waals surface area contributed by atoms with Gasteiger partial charge in [0, 0.05) is 51.2 Å². The van der Waals surface area contributed by atoms with Crippen molar-refractivity contribution in [2.45, 2.75) is 68.8 Å². The lowest BCUT2D eigenvalue weighted by molar-refractivity contribution is -0.139. The van der Waals surface area contributed by atoms with Gasteiger partial charge in [0.25, 0.3) is 0 Å². The predicted octanol–water partition coefficient (Wildman–Crippen LogP) is 1.92. The molecule has 8 nitrogen and oxygen atoms in total. The molecule has 1 N–H and O–H groups in total. The Morgan fingerprint density at radius 3 is 2.20 bits per heavy atom. The molecule has 0 atom stereocenters. The van der Waals surface area contributed by atoms with Crippen LogP contribution in [0.1, 0.15) is 50.6 Å². The Morgan fingerprint density at radius 2 is 1.70 bits per heavy atom. The number of piperazine rings is 1. The van der Waals surface area contributed by atoms with Crippen LogP contribution in [0.3, 0.4) is 0 Å². The Hall–Kier alpha value is -1.16. The Morgan fingerprint density at radius 1 is 1.07 bits per heavy atom. The van der Waals surface area contributed by atoms with Crippen LogP contribution in [0.25, 0.3) is 0 Å². The second-order valence-electron chi connectivity index (χ2n) is 8.94. The largest absolute Gasteiger partial charge is 0.340 e. The third-order valence-electron chi connectivity index (χ3n) is 6.98. The van der Waals surface area contributed by atoms with Crippen molar-refractivity contribution in [3.05, 3.63) is 10.8 Å². The minimum Gasteiger partial charge on any atom is -0.340 e. The fourth-order valence-electron chi connectivity index (χ4n) is 4.97. The summed E-state index contributed by atoms with van der Waals surface area (Å²) < 4.78 is 29.8. The summed E-state index contributed by atoms with van der Waals surface area (Å²) >= 11 is 6.14. The highest BCUT2D eigenvalue weighted by molar-refractivity contribution is 7.89. The molecule has 1 aromatic rings. The van der Waals surface area contributed by atoms with Gasteiger partial charge in [0.15, 0.2) is 0 Å². The fourth-order valence-corrected chi connectivity index (χ4v) is 7.03. The third kappa shape index (κ3) is 4.40. The lowest BCUT2D eigenvalue weighted by Gasteiger charge is -2.44. The van der Waals surface area contributed by atoms with Crippen LogP contribution in [0, 0.1) is 12.8 Å². The van der Waals surface area contributed by atoms with Gasteiger partial charge in [-0.25, -0.2) is 13.1 Å². The van der Waals surface area contributed by atoms with Crippen LogP contribution < -0.4 is 4.72 Å². The van der Waals surface area contributed by atoms with E-state index < -0.39 is 10.0 Å². The van der Waals surface area contributed by atoms with E-state index in [0.717, 1.165) is 32.2 Å². The number of halogens is 1. The molecular weight excluding hydrogens is 426 g/mol. The lowest BCUT2D eigenvalue weighted by Crippen LogP contribution is -2.54. The number of aryl methyl sites for hydroxylation is 2. The number of nitrogens with one attached hydrogen (secondary N) is 1. The summed E-state index contributed by atoms with van der Waals surface area (Å²) in [6.07, 6.45) is 6.70. The van der Waals surface area contributed by atoms with Crippen LogP contribution in [-0.2, 0) is 21.9 Å².